The molecular formula is C54H33N3S. The molecule has 0 unspecified atom stereocenters. The fraction of sp³-hybridized carbons (Fsp3) is 0. The fourth-order valence-corrected chi connectivity index (χ4v) is 10.9. The molecule has 0 aliphatic heterocycles. The first-order valence-corrected chi connectivity index (χ1v) is 20.7. The van der Waals surface area contributed by atoms with E-state index < -0.39 is 0 Å². The lowest BCUT2D eigenvalue weighted by Gasteiger charge is -2.17. The summed E-state index contributed by atoms with van der Waals surface area (Å²) in [6.07, 6.45) is 0. The predicted octanol–water partition coefficient (Wildman–Crippen LogP) is 15.0. The molecule has 4 heteroatoms. The Labute approximate surface area is 337 Å². The van der Waals surface area contributed by atoms with Gasteiger partial charge in [-0.25, -0.2) is 0 Å². The molecular weight excluding hydrogens is 723 g/mol. The Kier molecular flexibility index (Phi) is 6.60. The van der Waals surface area contributed by atoms with E-state index >= 15 is 0 Å². The summed E-state index contributed by atoms with van der Waals surface area (Å²) in [5.41, 5.74) is 13.1. The zero-order valence-corrected chi connectivity index (χ0v) is 32.1. The van der Waals surface area contributed by atoms with Gasteiger partial charge in [-0.3, -0.25) is 0 Å². The van der Waals surface area contributed by atoms with Crippen molar-refractivity contribution < 1.29 is 0 Å². The quantitative estimate of drug-likeness (QED) is 0.170. The van der Waals surface area contributed by atoms with Crippen LogP contribution in [0.3, 0.4) is 0 Å². The molecule has 13 rings (SSSR count). The Balaban J connectivity index is 1.11. The maximum Gasteiger partial charge on any atom is 0.0633 e. The molecule has 9 aromatic carbocycles. The third-order valence-corrected chi connectivity index (χ3v) is 13.4. The summed E-state index contributed by atoms with van der Waals surface area (Å²) in [6, 6.07) is 73.7. The Morgan fingerprint density at radius 1 is 0.293 bits per heavy atom. The van der Waals surface area contributed by atoms with Gasteiger partial charge in [0, 0.05) is 69.4 Å². The molecule has 3 nitrogen and oxygen atoms in total. The smallest absolute Gasteiger partial charge is 0.0633 e. The normalized spacial score (nSPS) is 12.1. The number of para-hydroxylation sites is 4. The second-order valence-corrected chi connectivity index (χ2v) is 16.4. The van der Waals surface area contributed by atoms with Crippen LogP contribution in [-0.2, 0) is 0 Å². The Bertz CT molecular complexity index is 3750. The van der Waals surface area contributed by atoms with Gasteiger partial charge in [0.1, 0.15) is 0 Å². The average molecular weight is 756 g/mol. The lowest BCUT2D eigenvalue weighted by atomic mass is 9.99. The van der Waals surface area contributed by atoms with E-state index in [0.29, 0.717) is 0 Å². The van der Waals surface area contributed by atoms with Crippen molar-refractivity contribution in [1.82, 2.24) is 13.7 Å². The molecule has 0 saturated heterocycles. The van der Waals surface area contributed by atoms with Crippen LogP contribution in [0.15, 0.2) is 200 Å². The highest BCUT2D eigenvalue weighted by Gasteiger charge is 2.22. The molecule has 4 heterocycles. The van der Waals surface area contributed by atoms with Crippen LogP contribution in [0.2, 0.25) is 0 Å². The minimum absolute atomic E-state index is 1.14. The maximum atomic E-state index is 2.55. The molecule has 0 bridgehead atoms. The van der Waals surface area contributed by atoms with Crippen molar-refractivity contribution >= 4 is 96.9 Å². The first-order valence-electron chi connectivity index (χ1n) is 19.9. The molecule has 13 aromatic rings. The lowest BCUT2D eigenvalue weighted by molar-refractivity contribution is 1.16. The zero-order chi connectivity index (χ0) is 37.9. The monoisotopic (exact) mass is 755 g/mol. The lowest BCUT2D eigenvalue weighted by Crippen LogP contribution is -2.00. The van der Waals surface area contributed by atoms with Crippen molar-refractivity contribution in [2.24, 2.45) is 0 Å². The van der Waals surface area contributed by atoms with Crippen molar-refractivity contribution in [3.05, 3.63) is 200 Å². The van der Waals surface area contributed by atoms with E-state index in [1.807, 2.05) is 11.3 Å². The molecule has 0 aliphatic rings. The molecule has 0 fully saturated rings. The van der Waals surface area contributed by atoms with Gasteiger partial charge in [0.05, 0.1) is 38.8 Å². The molecule has 0 radical (unpaired) electrons. The van der Waals surface area contributed by atoms with Crippen LogP contribution in [0, 0.1) is 0 Å². The maximum absolute atomic E-state index is 2.55. The highest BCUT2D eigenvalue weighted by Crippen LogP contribution is 2.46. The summed E-state index contributed by atoms with van der Waals surface area (Å²) in [5.74, 6) is 0. The van der Waals surface area contributed by atoms with E-state index in [-0.39, 0.29) is 0 Å². The largest absolute Gasteiger partial charge is 0.309 e. The standard InChI is InChI=1S/C54H33N3S/c1-2-14-34(15-3-1)37-29-31-52-53(43-20-8-13-25-51(43)58-52)54(37)57-48-24-12-6-18-40(48)42-28-26-36(33-50(42)57)56-47-23-11-7-19-41(47)44-32-35(27-30-49(44)56)55-45-21-9-4-16-38(45)39-17-5-10-22-46(39)55/h1-33H. The van der Waals surface area contributed by atoms with Gasteiger partial charge in [-0.1, -0.05) is 133 Å². The minimum atomic E-state index is 1.14. The Hall–Kier alpha value is -7.40. The molecule has 0 atom stereocenters. The summed E-state index contributed by atoms with van der Waals surface area (Å²) in [5, 5.41) is 10.1. The molecule has 0 spiro atoms. The fourth-order valence-electron chi connectivity index (χ4n) is 9.80. The second-order valence-electron chi connectivity index (χ2n) is 15.3. The molecule has 0 saturated carbocycles. The first-order chi connectivity index (χ1) is 28.8. The molecule has 0 amide bonds. The molecule has 4 aromatic heterocycles. The summed E-state index contributed by atoms with van der Waals surface area (Å²) < 4.78 is 10.0. The third-order valence-electron chi connectivity index (χ3n) is 12.2. The third kappa shape index (κ3) is 4.38. The van der Waals surface area contributed by atoms with E-state index in [9.17, 15) is 0 Å². The van der Waals surface area contributed by atoms with Gasteiger partial charge in [0.15, 0.2) is 0 Å². The molecule has 0 aliphatic carbocycles. The second kappa shape index (κ2) is 12.1. The van der Waals surface area contributed by atoms with Crippen LogP contribution >= 0.6 is 11.3 Å². The summed E-state index contributed by atoms with van der Waals surface area (Å²) in [7, 11) is 0. The van der Waals surface area contributed by atoms with Crippen molar-refractivity contribution in [2.75, 3.05) is 0 Å². The number of hydrogen-bond acceptors (Lipinski definition) is 1. The molecule has 270 valence electrons. The topological polar surface area (TPSA) is 14.8 Å². The minimum Gasteiger partial charge on any atom is -0.309 e. The van der Waals surface area contributed by atoms with E-state index in [4.69, 9.17) is 0 Å². The van der Waals surface area contributed by atoms with Crippen LogP contribution in [0.5, 0.6) is 0 Å². The zero-order valence-electron chi connectivity index (χ0n) is 31.3. The van der Waals surface area contributed by atoms with Gasteiger partial charge in [-0.15, -0.1) is 11.3 Å². The van der Waals surface area contributed by atoms with E-state index in [0.717, 1.165) is 11.4 Å². The number of nitrogens with zero attached hydrogens (tertiary/aromatic N) is 3. The Morgan fingerprint density at radius 3 is 1.43 bits per heavy atom. The van der Waals surface area contributed by atoms with E-state index in [1.165, 1.54) is 102 Å². The first kappa shape index (κ1) is 31.8. The van der Waals surface area contributed by atoms with Gasteiger partial charge >= 0.3 is 0 Å². The molecule has 58 heavy (non-hydrogen) atoms. The summed E-state index contributed by atoms with van der Waals surface area (Å²) in [4.78, 5) is 0. The number of aromatic nitrogens is 3. The predicted molar refractivity (Wildman–Crippen MR) is 248 cm³/mol. The van der Waals surface area contributed by atoms with Crippen LogP contribution in [-0.4, -0.2) is 13.7 Å². The van der Waals surface area contributed by atoms with Crippen molar-refractivity contribution in [2.45, 2.75) is 0 Å². The number of rotatable bonds is 4. The van der Waals surface area contributed by atoms with Gasteiger partial charge in [-0.2, -0.15) is 0 Å². The van der Waals surface area contributed by atoms with Crippen molar-refractivity contribution in [3.63, 3.8) is 0 Å². The number of benzene rings is 9. The highest BCUT2D eigenvalue weighted by atomic mass is 32.1. The average Bonchev–Trinajstić information content (AvgIpc) is 4.02. The van der Waals surface area contributed by atoms with Gasteiger partial charge < -0.3 is 13.7 Å². The Morgan fingerprint density at radius 2 is 0.776 bits per heavy atom. The molecule has 0 N–H and O–H groups in total. The van der Waals surface area contributed by atoms with Gasteiger partial charge in [-0.05, 0) is 72.3 Å². The van der Waals surface area contributed by atoms with Crippen LogP contribution < -0.4 is 0 Å². The van der Waals surface area contributed by atoms with Crippen LogP contribution in [0.1, 0.15) is 0 Å². The summed E-state index contributed by atoms with van der Waals surface area (Å²) in [6.45, 7) is 0. The number of fused-ring (bicyclic) bond motifs is 12. The van der Waals surface area contributed by atoms with Crippen LogP contribution in [0.4, 0.5) is 0 Å². The summed E-state index contributed by atoms with van der Waals surface area (Å²) >= 11 is 1.87. The SMILES string of the molecule is c1ccc(-c2ccc3sc4ccccc4c3c2-n2c3ccccc3c3ccc(-n4c5ccccc5c5cc(-n6c7ccccc7c7ccccc76)ccc54)cc32)cc1. The van der Waals surface area contributed by atoms with Crippen molar-refractivity contribution in [3.8, 4) is 28.2 Å². The van der Waals surface area contributed by atoms with Crippen LogP contribution in [0.25, 0.3) is 114 Å². The number of thiophene rings is 1. The highest BCUT2D eigenvalue weighted by molar-refractivity contribution is 7.25. The number of hydrogen-bond donors (Lipinski definition) is 0. The van der Waals surface area contributed by atoms with Gasteiger partial charge in [0.25, 0.3) is 0 Å². The van der Waals surface area contributed by atoms with Gasteiger partial charge in [0.2, 0.25) is 0 Å². The van der Waals surface area contributed by atoms with E-state index in [1.54, 1.807) is 0 Å². The van der Waals surface area contributed by atoms with E-state index in [2.05, 4.69) is 214 Å². The van der Waals surface area contributed by atoms with Crippen molar-refractivity contribution in [1.29, 1.82) is 0 Å².